The molecule has 1 aromatic carbocycles. The van der Waals surface area contributed by atoms with Crippen LogP contribution in [0.4, 0.5) is 0 Å². The van der Waals surface area contributed by atoms with Crippen LogP contribution >= 0.6 is 0 Å². The van der Waals surface area contributed by atoms with E-state index in [2.05, 4.69) is 40.1 Å². The lowest BCUT2D eigenvalue weighted by Gasteiger charge is -2.55. The molecule has 1 saturated carbocycles. The van der Waals surface area contributed by atoms with E-state index < -0.39 is 5.60 Å². The summed E-state index contributed by atoms with van der Waals surface area (Å²) in [6.07, 6.45) is 9.21. The van der Waals surface area contributed by atoms with Gasteiger partial charge in [0.2, 0.25) is 5.91 Å². The van der Waals surface area contributed by atoms with Crippen molar-refractivity contribution in [3.05, 3.63) is 65.6 Å². The van der Waals surface area contributed by atoms with Gasteiger partial charge >= 0.3 is 0 Å². The van der Waals surface area contributed by atoms with Gasteiger partial charge in [-0.2, -0.15) is 5.10 Å². The average Bonchev–Trinajstić information content (AvgIpc) is 3.40. The topological polar surface area (TPSA) is 94.6 Å². The van der Waals surface area contributed by atoms with E-state index in [9.17, 15) is 9.90 Å². The van der Waals surface area contributed by atoms with Crippen LogP contribution in [0.1, 0.15) is 68.7 Å². The summed E-state index contributed by atoms with van der Waals surface area (Å²) in [6, 6.07) is 12.1. The number of carbonyl (C=O) groups excluding carboxylic acids is 1. The van der Waals surface area contributed by atoms with Crippen molar-refractivity contribution in [3.8, 4) is 17.0 Å². The number of likely N-dealkylation sites (tertiary alicyclic amines) is 2. The molecule has 0 bridgehead atoms. The summed E-state index contributed by atoms with van der Waals surface area (Å²) in [4.78, 5) is 20.4. The number of nitrogens with one attached hydrogen (secondary N) is 1. The minimum Gasteiger partial charge on any atom is -0.490 e. The fourth-order valence-corrected chi connectivity index (χ4v) is 6.67. The number of piperidine rings is 1. The molecule has 206 valence electrons. The third kappa shape index (κ3) is 4.74. The maximum atomic E-state index is 12.6. The molecule has 8 heteroatoms. The number of aromatic amines is 1. The van der Waals surface area contributed by atoms with Crippen LogP contribution in [-0.2, 0) is 10.4 Å². The lowest BCUT2D eigenvalue weighted by atomic mass is 9.62. The quantitative estimate of drug-likeness (QED) is 0.474. The fraction of sp³-hybridized carbons (Fsp3) is 0.516. The first-order valence-corrected chi connectivity index (χ1v) is 14.2. The Balaban J connectivity index is 1.28. The van der Waals surface area contributed by atoms with Crippen molar-refractivity contribution in [2.45, 2.75) is 63.6 Å². The summed E-state index contributed by atoms with van der Waals surface area (Å²) in [5.41, 5.74) is 2.78. The molecule has 3 aromatic rings. The second kappa shape index (κ2) is 10.1. The summed E-state index contributed by atoms with van der Waals surface area (Å²) in [5.74, 6) is 1.34. The molecule has 3 fully saturated rings. The van der Waals surface area contributed by atoms with E-state index in [4.69, 9.17) is 4.74 Å². The summed E-state index contributed by atoms with van der Waals surface area (Å²) >= 11 is 0. The van der Waals surface area contributed by atoms with Gasteiger partial charge in [-0.15, -0.1) is 0 Å². The Morgan fingerprint density at radius 3 is 2.41 bits per heavy atom. The number of aliphatic hydroxyl groups is 1. The van der Waals surface area contributed by atoms with Gasteiger partial charge in [0.15, 0.2) is 0 Å². The second-order valence-electron chi connectivity index (χ2n) is 12.1. The zero-order valence-electron chi connectivity index (χ0n) is 23.2. The van der Waals surface area contributed by atoms with Gasteiger partial charge in [0, 0.05) is 73.7 Å². The Bertz CT molecular complexity index is 1320. The van der Waals surface area contributed by atoms with E-state index in [0.29, 0.717) is 12.0 Å². The maximum Gasteiger partial charge on any atom is 0.219 e. The number of amides is 1. The average molecular weight is 530 g/mol. The normalized spacial score (nSPS) is 21.6. The van der Waals surface area contributed by atoms with Gasteiger partial charge in [0.05, 0.1) is 11.8 Å². The molecule has 8 nitrogen and oxygen atoms in total. The summed E-state index contributed by atoms with van der Waals surface area (Å²) in [5, 5.41) is 20.4. The Morgan fingerprint density at radius 1 is 1.08 bits per heavy atom. The van der Waals surface area contributed by atoms with Gasteiger partial charge in [0.1, 0.15) is 11.4 Å². The lowest BCUT2D eigenvalue weighted by Crippen LogP contribution is -2.63. The van der Waals surface area contributed by atoms with Crippen LogP contribution in [0, 0.1) is 5.41 Å². The Hall–Kier alpha value is -3.23. The van der Waals surface area contributed by atoms with E-state index in [-0.39, 0.29) is 11.3 Å². The van der Waals surface area contributed by atoms with E-state index in [1.807, 2.05) is 41.4 Å². The van der Waals surface area contributed by atoms with Crippen LogP contribution in [0.25, 0.3) is 11.3 Å². The third-order valence-corrected chi connectivity index (χ3v) is 9.17. The van der Waals surface area contributed by atoms with Crippen molar-refractivity contribution < 1.29 is 14.6 Å². The Kier molecular flexibility index (Phi) is 6.71. The van der Waals surface area contributed by atoms with Gasteiger partial charge in [-0.3, -0.25) is 14.9 Å². The van der Waals surface area contributed by atoms with Crippen molar-refractivity contribution in [1.82, 2.24) is 25.0 Å². The molecule has 1 aliphatic carbocycles. The van der Waals surface area contributed by atoms with Gasteiger partial charge < -0.3 is 19.6 Å². The Labute approximate surface area is 230 Å². The first kappa shape index (κ1) is 26.0. The predicted molar refractivity (Wildman–Crippen MR) is 149 cm³/mol. The highest BCUT2D eigenvalue weighted by molar-refractivity contribution is 5.73. The van der Waals surface area contributed by atoms with Crippen LogP contribution in [0.3, 0.4) is 0 Å². The SMILES string of the molecule is CC(=O)N1CCC(c2cc(-c3cncc([C@@](O)(c4ccc(OC5CCC5)cc4)C4(C)CN(C)C4)c3)n[nH]2)CC1. The van der Waals surface area contributed by atoms with Gasteiger partial charge in [-0.1, -0.05) is 19.1 Å². The molecule has 6 rings (SSSR count). The number of nitrogens with zero attached hydrogens (tertiary/aromatic N) is 4. The lowest BCUT2D eigenvalue weighted by molar-refractivity contribution is -0.129. The predicted octanol–water partition coefficient (Wildman–Crippen LogP) is 4.32. The minimum atomic E-state index is -1.23. The second-order valence-corrected chi connectivity index (χ2v) is 12.1. The van der Waals surface area contributed by atoms with Crippen LogP contribution in [0.2, 0.25) is 0 Å². The maximum absolute atomic E-state index is 12.6. The zero-order valence-corrected chi connectivity index (χ0v) is 23.2. The molecule has 1 atom stereocenters. The van der Waals surface area contributed by atoms with E-state index >= 15 is 0 Å². The number of carbonyl (C=O) groups is 1. The van der Waals surface area contributed by atoms with Crippen molar-refractivity contribution in [1.29, 1.82) is 0 Å². The van der Waals surface area contributed by atoms with E-state index in [0.717, 1.165) is 85.7 Å². The summed E-state index contributed by atoms with van der Waals surface area (Å²) < 4.78 is 6.08. The number of H-pyrrole nitrogens is 1. The number of aromatic nitrogens is 3. The van der Waals surface area contributed by atoms with Crippen molar-refractivity contribution in [2.24, 2.45) is 5.41 Å². The third-order valence-electron chi connectivity index (χ3n) is 9.17. The van der Waals surface area contributed by atoms with Crippen LogP contribution in [0.5, 0.6) is 5.75 Å². The van der Waals surface area contributed by atoms with Crippen molar-refractivity contribution >= 4 is 5.91 Å². The first-order valence-electron chi connectivity index (χ1n) is 14.2. The minimum absolute atomic E-state index is 0.140. The number of hydrogen-bond donors (Lipinski definition) is 2. The number of pyridine rings is 1. The van der Waals surface area contributed by atoms with Crippen LogP contribution in [-0.4, -0.2) is 75.3 Å². The Morgan fingerprint density at radius 2 is 1.79 bits per heavy atom. The molecule has 4 heterocycles. The fourth-order valence-electron chi connectivity index (χ4n) is 6.67. The van der Waals surface area contributed by atoms with Crippen molar-refractivity contribution in [2.75, 3.05) is 33.2 Å². The molecule has 0 radical (unpaired) electrons. The van der Waals surface area contributed by atoms with Gasteiger partial charge in [-0.25, -0.2) is 0 Å². The molecule has 0 spiro atoms. The van der Waals surface area contributed by atoms with Gasteiger partial charge in [0.25, 0.3) is 0 Å². The highest BCUT2D eigenvalue weighted by Gasteiger charge is 2.55. The highest BCUT2D eigenvalue weighted by atomic mass is 16.5. The van der Waals surface area contributed by atoms with E-state index in [1.165, 1.54) is 6.42 Å². The molecule has 3 aliphatic rings. The molecule has 2 N–H and O–H groups in total. The monoisotopic (exact) mass is 529 g/mol. The molecule has 2 aromatic heterocycles. The molecule has 2 saturated heterocycles. The molecule has 39 heavy (non-hydrogen) atoms. The highest BCUT2D eigenvalue weighted by Crippen LogP contribution is 2.50. The van der Waals surface area contributed by atoms with Crippen LogP contribution < -0.4 is 4.74 Å². The molecular formula is C31H39N5O3. The summed E-state index contributed by atoms with van der Waals surface area (Å²) in [7, 11) is 2.08. The van der Waals surface area contributed by atoms with Gasteiger partial charge in [-0.05, 0) is 69.0 Å². The standard InChI is InChI=1S/C31H39N5O3/c1-21(37)36-13-11-22(12-14-36)28-16-29(34-33-28)23-15-25(18-32-17-23)31(38,30(2)19-35(3)20-30)24-7-9-27(10-8-24)39-26-5-4-6-26/h7-10,15-18,22,26,38H,4-6,11-14,19-20H2,1-3H3,(H,33,34)/t31-/m0/s1. The zero-order chi connectivity index (χ0) is 27.2. The molecule has 2 aliphatic heterocycles. The molecular weight excluding hydrogens is 490 g/mol. The summed E-state index contributed by atoms with van der Waals surface area (Å²) in [6.45, 7) is 6.89. The number of ether oxygens (including phenoxy) is 1. The van der Waals surface area contributed by atoms with E-state index in [1.54, 1.807) is 13.1 Å². The largest absolute Gasteiger partial charge is 0.490 e. The molecule has 1 amide bonds. The molecule has 0 unspecified atom stereocenters. The number of hydrogen-bond acceptors (Lipinski definition) is 6. The smallest absolute Gasteiger partial charge is 0.219 e. The van der Waals surface area contributed by atoms with Crippen LogP contribution in [0.15, 0.2) is 48.8 Å². The first-order chi connectivity index (χ1) is 18.7. The number of benzene rings is 1. The van der Waals surface area contributed by atoms with Crippen molar-refractivity contribution in [3.63, 3.8) is 0 Å². The number of rotatable bonds is 7.